The molecule has 124 valence electrons. The fourth-order valence-corrected chi connectivity index (χ4v) is 1.88. The second-order valence-corrected chi connectivity index (χ2v) is 4.99. The molecule has 1 rings (SSSR count). The number of nitrogens with one attached hydrogen (secondary N) is 1. The summed E-state index contributed by atoms with van der Waals surface area (Å²) >= 11 is 0. The van der Waals surface area contributed by atoms with E-state index in [2.05, 4.69) is 22.4 Å². The molecule has 5 nitrogen and oxygen atoms in total. The number of hydrogen-bond acceptors (Lipinski definition) is 3. The minimum absolute atomic E-state index is 0.515. The van der Waals surface area contributed by atoms with Crippen molar-refractivity contribution in [3.8, 4) is 0 Å². The van der Waals surface area contributed by atoms with Crippen LogP contribution in [0.3, 0.4) is 0 Å². The van der Waals surface area contributed by atoms with Crippen LogP contribution in [0.15, 0.2) is 35.3 Å². The van der Waals surface area contributed by atoms with E-state index in [1.807, 2.05) is 25.1 Å². The maximum atomic E-state index is 5.77. The maximum absolute atomic E-state index is 5.77. The minimum Gasteiger partial charge on any atom is -0.382 e. The van der Waals surface area contributed by atoms with E-state index in [1.165, 1.54) is 5.56 Å². The van der Waals surface area contributed by atoms with Crippen molar-refractivity contribution in [3.63, 3.8) is 0 Å². The summed E-state index contributed by atoms with van der Waals surface area (Å²) in [4.78, 5) is 4.24. The van der Waals surface area contributed by atoms with E-state index in [-0.39, 0.29) is 0 Å². The van der Waals surface area contributed by atoms with Crippen LogP contribution < -0.4 is 11.1 Å². The Morgan fingerprint density at radius 3 is 2.64 bits per heavy atom. The fourth-order valence-electron chi connectivity index (χ4n) is 1.88. The van der Waals surface area contributed by atoms with Crippen LogP contribution in [0.5, 0.6) is 0 Å². The van der Waals surface area contributed by atoms with Gasteiger partial charge in [-0.25, -0.2) is 0 Å². The Kier molecular flexibility index (Phi) is 11.0. The molecule has 5 heteroatoms. The number of rotatable bonds is 12. The van der Waals surface area contributed by atoms with Gasteiger partial charge in [0.05, 0.1) is 6.61 Å². The van der Waals surface area contributed by atoms with Crippen molar-refractivity contribution >= 4 is 5.96 Å². The predicted molar refractivity (Wildman–Crippen MR) is 90.9 cm³/mol. The lowest BCUT2D eigenvalue weighted by atomic mass is 10.2. The summed E-state index contributed by atoms with van der Waals surface area (Å²) in [6.45, 7) is 6.47. The quantitative estimate of drug-likeness (QED) is 0.353. The van der Waals surface area contributed by atoms with Gasteiger partial charge in [0, 0.05) is 32.9 Å². The van der Waals surface area contributed by atoms with Crippen molar-refractivity contribution in [2.24, 2.45) is 10.7 Å². The third-order valence-corrected chi connectivity index (χ3v) is 3.07. The Morgan fingerprint density at radius 1 is 1.09 bits per heavy atom. The highest BCUT2D eigenvalue weighted by Gasteiger charge is 1.94. The Morgan fingerprint density at radius 2 is 1.86 bits per heavy atom. The Balaban J connectivity index is 1.91. The summed E-state index contributed by atoms with van der Waals surface area (Å²) in [6, 6.07) is 10.2. The van der Waals surface area contributed by atoms with E-state index in [9.17, 15) is 0 Å². The van der Waals surface area contributed by atoms with Gasteiger partial charge in [-0.3, -0.25) is 4.99 Å². The van der Waals surface area contributed by atoms with Gasteiger partial charge in [-0.05, 0) is 31.7 Å². The highest BCUT2D eigenvalue weighted by atomic mass is 16.5. The lowest BCUT2D eigenvalue weighted by Crippen LogP contribution is -2.32. The molecule has 0 amide bonds. The predicted octanol–water partition coefficient (Wildman–Crippen LogP) is 2.31. The molecule has 0 saturated heterocycles. The molecule has 0 radical (unpaired) electrons. The van der Waals surface area contributed by atoms with Crippen molar-refractivity contribution in [3.05, 3.63) is 35.9 Å². The van der Waals surface area contributed by atoms with Gasteiger partial charge in [-0.1, -0.05) is 30.3 Å². The molecule has 0 fully saturated rings. The van der Waals surface area contributed by atoms with Crippen LogP contribution in [-0.4, -0.2) is 38.9 Å². The van der Waals surface area contributed by atoms with Gasteiger partial charge in [0.2, 0.25) is 0 Å². The van der Waals surface area contributed by atoms with Crippen LogP contribution in [-0.2, 0) is 16.1 Å². The highest BCUT2D eigenvalue weighted by Crippen LogP contribution is 2.01. The minimum atomic E-state index is 0.515. The average Bonchev–Trinajstić information content (AvgIpc) is 2.55. The summed E-state index contributed by atoms with van der Waals surface area (Å²) in [7, 11) is 0. The summed E-state index contributed by atoms with van der Waals surface area (Å²) < 4.78 is 10.9. The third-order valence-electron chi connectivity index (χ3n) is 3.07. The van der Waals surface area contributed by atoms with Gasteiger partial charge in [-0.2, -0.15) is 0 Å². The average molecular weight is 307 g/mol. The molecule has 0 heterocycles. The second-order valence-electron chi connectivity index (χ2n) is 4.99. The van der Waals surface area contributed by atoms with E-state index in [0.717, 1.165) is 45.6 Å². The zero-order valence-corrected chi connectivity index (χ0v) is 13.6. The molecule has 0 atom stereocenters. The number of nitrogens with two attached hydrogens (primary N) is 1. The lowest BCUT2D eigenvalue weighted by Gasteiger charge is -2.07. The van der Waals surface area contributed by atoms with Crippen molar-refractivity contribution in [1.29, 1.82) is 0 Å². The molecule has 22 heavy (non-hydrogen) atoms. The van der Waals surface area contributed by atoms with Gasteiger partial charge < -0.3 is 20.5 Å². The van der Waals surface area contributed by atoms with Gasteiger partial charge in [-0.15, -0.1) is 0 Å². The molecule has 0 saturated carbocycles. The van der Waals surface area contributed by atoms with Crippen LogP contribution >= 0.6 is 0 Å². The van der Waals surface area contributed by atoms with E-state index in [1.54, 1.807) is 0 Å². The van der Waals surface area contributed by atoms with E-state index in [4.69, 9.17) is 15.2 Å². The standard InChI is InChI=1S/C17H29N3O2/c1-2-21-14-8-12-20-17(18)19-11-6-7-13-22-15-16-9-4-3-5-10-16/h3-5,9-10H,2,6-8,11-15H2,1H3,(H3,18,19,20). The second kappa shape index (κ2) is 13.1. The van der Waals surface area contributed by atoms with E-state index in [0.29, 0.717) is 19.1 Å². The van der Waals surface area contributed by atoms with Crippen molar-refractivity contribution in [2.45, 2.75) is 32.8 Å². The number of hydrogen-bond donors (Lipinski definition) is 2. The molecule has 0 aliphatic carbocycles. The van der Waals surface area contributed by atoms with E-state index < -0.39 is 0 Å². The number of benzene rings is 1. The summed E-state index contributed by atoms with van der Waals surface area (Å²) in [5.74, 6) is 0.515. The number of unbranched alkanes of at least 4 members (excludes halogenated alkanes) is 1. The van der Waals surface area contributed by atoms with Crippen LogP contribution in [0, 0.1) is 0 Å². The normalized spacial score (nSPS) is 11.6. The molecular formula is C17H29N3O2. The third kappa shape index (κ3) is 10.2. The first-order valence-electron chi connectivity index (χ1n) is 8.06. The molecule has 1 aromatic carbocycles. The number of nitrogens with zero attached hydrogens (tertiary/aromatic N) is 1. The zero-order valence-electron chi connectivity index (χ0n) is 13.6. The molecule has 1 aromatic rings. The summed E-state index contributed by atoms with van der Waals surface area (Å²) in [5.41, 5.74) is 6.98. The van der Waals surface area contributed by atoms with Crippen molar-refractivity contribution < 1.29 is 9.47 Å². The highest BCUT2D eigenvalue weighted by molar-refractivity contribution is 5.77. The van der Waals surface area contributed by atoms with Gasteiger partial charge in [0.25, 0.3) is 0 Å². The maximum Gasteiger partial charge on any atom is 0.188 e. The van der Waals surface area contributed by atoms with E-state index >= 15 is 0 Å². The first-order chi connectivity index (χ1) is 10.8. The molecule has 0 aliphatic rings. The molecule has 0 bridgehead atoms. The van der Waals surface area contributed by atoms with Crippen LogP contribution in [0.25, 0.3) is 0 Å². The summed E-state index contributed by atoms with van der Waals surface area (Å²) in [5, 5.41) is 3.11. The van der Waals surface area contributed by atoms with Crippen LogP contribution in [0.2, 0.25) is 0 Å². The monoisotopic (exact) mass is 307 g/mol. The SMILES string of the molecule is CCOCCCN=C(N)NCCCCOCc1ccccc1. The Bertz CT molecular complexity index is 396. The molecule has 3 N–H and O–H groups in total. The molecule has 0 aliphatic heterocycles. The molecule has 0 aromatic heterocycles. The topological polar surface area (TPSA) is 68.9 Å². The first kappa shape index (κ1) is 18.5. The molecular weight excluding hydrogens is 278 g/mol. The van der Waals surface area contributed by atoms with Crippen molar-refractivity contribution in [2.75, 3.05) is 32.9 Å². The summed E-state index contributed by atoms with van der Waals surface area (Å²) in [6.07, 6.45) is 2.94. The lowest BCUT2D eigenvalue weighted by molar-refractivity contribution is 0.117. The first-order valence-corrected chi connectivity index (χ1v) is 8.06. The zero-order chi connectivity index (χ0) is 15.9. The molecule has 0 unspecified atom stereocenters. The number of guanidine groups is 1. The number of ether oxygens (including phenoxy) is 2. The largest absolute Gasteiger partial charge is 0.382 e. The van der Waals surface area contributed by atoms with Gasteiger partial charge in [0.1, 0.15) is 0 Å². The van der Waals surface area contributed by atoms with Crippen LogP contribution in [0.4, 0.5) is 0 Å². The van der Waals surface area contributed by atoms with Gasteiger partial charge >= 0.3 is 0 Å². The van der Waals surface area contributed by atoms with Gasteiger partial charge in [0.15, 0.2) is 5.96 Å². The fraction of sp³-hybridized carbons (Fsp3) is 0.588. The Hall–Kier alpha value is -1.59. The number of aliphatic imine (C=N–C) groups is 1. The Labute approximate surface area is 133 Å². The smallest absolute Gasteiger partial charge is 0.188 e. The van der Waals surface area contributed by atoms with Crippen molar-refractivity contribution in [1.82, 2.24) is 5.32 Å². The molecule has 0 spiro atoms. The van der Waals surface area contributed by atoms with Crippen LogP contribution in [0.1, 0.15) is 31.7 Å².